The number of benzene rings is 1. The highest BCUT2D eigenvalue weighted by Gasteiger charge is 2.29. The summed E-state index contributed by atoms with van der Waals surface area (Å²) in [6, 6.07) is 8.43. The van der Waals surface area contributed by atoms with E-state index in [1.54, 1.807) is 11.3 Å². The normalized spacial score (nSPS) is 17.5. The minimum Gasteiger partial charge on any atom is -0.350 e. The van der Waals surface area contributed by atoms with Crippen molar-refractivity contribution >= 4 is 33.2 Å². The van der Waals surface area contributed by atoms with Crippen LogP contribution in [-0.2, 0) is 11.2 Å². The Morgan fingerprint density at radius 3 is 2.70 bits per heavy atom. The Hall–Kier alpha value is -1.92. The molecule has 2 amide bonds. The van der Waals surface area contributed by atoms with Crippen molar-refractivity contribution in [1.29, 1.82) is 0 Å². The van der Waals surface area contributed by atoms with E-state index < -0.39 is 0 Å². The van der Waals surface area contributed by atoms with Gasteiger partial charge in [0.25, 0.3) is 5.91 Å². The number of likely N-dealkylation sites (N-methyl/N-ethyl adjacent to an activating group) is 1. The van der Waals surface area contributed by atoms with Crippen LogP contribution in [-0.4, -0.2) is 61.4 Å². The Labute approximate surface area is 184 Å². The zero-order valence-electron chi connectivity index (χ0n) is 18.7. The molecule has 1 aliphatic heterocycles. The second-order valence-electron chi connectivity index (χ2n) is 8.86. The molecule has 164 valence electrons. The van der Waals surface area contributed by atoms with Crippen LogP contribution in [0.3, 0.4) is 0 Å². The minimum absolute atomic E-state index is 0.00128. The number of nitrogens with one attached hydrogen (secondary N) is 1. The largest absolute Gasteiger partial charge is 0.350 e. The van der Waals surface area contributed by atoms with Gasteiger partial charge in [-0.2, -0.15) is 0 Å². The van der Waals surface area contributed by atoms with E-state index in [4.69, 9.17) is 0 Å². The fourth-order valence-corrected chi connectivity index (χ4v) is 5.35. The molecule has 1 aromatic heterocycles. The maximum Gasteiger partial charge on any atom is 0.261 e. The highest BCUT2D eigenvalue weighted by molar-refractivity contribution is 7.21. The number of likely N-dealkylation sites (tertiary alicyclic amines) is 1. The van der Waals surface area contributed by atoms with Crippen LogP contribution in [0.15, 0.2) is 24.3 Å². The van der Waals surface area contributed by atoms with E-state index in [2.05, 4.69) is 27.2 Å². The molecule has 30 heavy (non-hydrogen) atoms. The summed E-state index contributed by atoms with van der Waals surface area (Å²) in [6.07, 6.45) is 5.13. The van der Waals surface area contributed by atoms with Crippen LogP contribution in [0.4, 0.5) is 0 Å². The van der Waals surface area contributed by atoms with E-state index >= 15 is 0 Å². The number of rotatable bonds is 7. The standard InChI is InChI=1S/C24H35N3O2S/c1-17(2)24(29)27-14-9-5-6-10-18(27)16-20-19-11-7-8-12-21(19)30-22(20)23(28)25-13-15-26(3)4/h7-8,11-12,17-18H,5-6,9-10,13-16H2,1-4H3,(H,25,28). The summed E-state index contributed by atoms with van der Waals surface area (Å²) in [5, 5.41) is 4.24. The molecule has 6 heteroatoms. The lowest BCUT2D eigenvalue weighted by molar-refractivity contribution is -0.136. The van der Waals surface area contributed by atoms with Gasteiger partial charge >= 0.3 is 0 Å². The zero-order valence-corrected chi connectivity index (χ0v) is 19.6. The van der Waals surface area contributed by atoms with E-state index in [0.717, 1.165) is 59.3 Å². The first-order chi connectivity index (χ1) is 14.4. The summed E-state index contributed by atoms with van der Waals surface area (Å²) in [7, 11) is 4.01. The van der Waals surface area contributed by atoms with Gasteiger partial charge in [0.1, 0.15) is 0 Å². The topological polar surface area (TPSA) is 52.7 Å². The van der Waals surface area contributed by atoms with E-state index in [1.165, 1.54) is 6.42 Å². The molecule has 1 aliphatic rings. The van der Waals surface area contributed by atoms with E-state index in [-0.39, 0.29) is 23.8 Å². The van der Waals surface area contributed by atoms with Gasteiger partial charge in [-0.1, -0.05) is 44.9 Å². The lowest BCUT2D eigenvalue weighted by Gasteiger charge is -2.32. The molecule has 0 saturated carbocycles. The molecule has 5 nitrogen and oxygen atoms in total. The fourth-order valence-electron chi connectivity index (χ4n) is 4.21. The molecular formula is C24H35N3O2S. The summed E-state index contributed by atoms with van der Waals surface area (Å²) < 4.78 is 1.14. The number of nitrogens with zero attached hydrogens (tertiary/aromatic N) is 2. The minimum atomic E-state index is -0.00128. The fraction of sp³-hybridized carbons (Fsp3) is 0.583. The van der Waals surface area contributed by atoms with Crippen LogP contribution in [0, 0.1) is 5.92 Å². The van der Waals surface area contributed by atoms with Crippen LogP contribution in [0.1, 0.15) is 54.8 Å². The Bertz CT molecular complexity index is 874. The molecule has 1 N–H and O–H groups in total. The number of carbonyl (C=O) groups excluding carboxylic acids is 2. The van der Waals surface area contributed by atoms with Gasteiger partial charge in [-0.05, 0) is 50.4 Å². The number of hydrogen-bond donors (Lipinski definition) is 1. The molecule has 1 fully saturated rings. The van der Waals surface area contributed by atoms with Crippen molar-refractivity contribution in [2.75, 3.05) is 33.7 Å². The van der Waals surface area contributed by atoms with Gasteiger partial charge in [0, 0.05) is 36.3 Å². The second-order valence-corrected chi connectivity index (χ2v) is 9.91. The van der Waals surface area contributed by atoms with Gasteiger partial charge in [-0.15, -0.1) is 11.3 Å². The van der Waals surface area contributed by atoms with Crippen LogP contribution in [0.2, 0.25) is 0 Å². The summed E-state index contributed by atoms with van der Waals surface area (Å²) in [5.74, 6) is 0.237. The van der Waals surface area contributed by atoms with Crippen LogP contribution < -0.4 is 5.32 Å². The molecule has 2 aromatic rings. The Kier molecular flexibility index (Phi) is 7.89. The SMILES string of the molecule is CC(C)C(=O)N1CCCCCC1Cc1c(C(=O)NCCN(C)C)sc2ccccc12. The third-order valence-electron chi connectivity index (χ3n) is 5.84. The number of amides is 2. The van der Waals surface area contributed by atoms with Gasteiger partial charge in [-0.3, -0.25) is 9.59 Å². The molecule has 1 atom stereocenters. The predicted molar refractivity (Wildman–Crippen MR) is 125 cm³/mol. The third kappa shape index (κ3) is 5.41. The highest BCUT2D eigenvalue weighted by Crippen LogP contribution is 2.34. The van der Waals surface area contributed by atoms with Crippen LogP contribution >= 0.6 is 11.3 Å². The molecule has 1 saturated heterocycles. The summed E-state index contributed by atoms with van der Waals surface area (Å²) in [4.78, 5) is 30.9. The van der Waals surface area contributed by atoms with Crippen molar-refractivity contribution in [3.63, 3.8) is 0 Å². The average Bonchev–Trinajstić information content (AvgIpc) is 2.91. The molecular weight excluding hydrogens is 394 g/mol. The maximum atomic E-state index is 13.1. The maximum absolute atomic E-state index is 13.1. The van der Waals surface area contributed by atoms with E-state index in [9.17, 15) is 9.59 Å². The quantitative estimate of drug-likeness (QED) is 0.719. The van der Waals surface area contributed by atoms with Crippen molar-refractivity contribution in [2.24, 2.45) is 5.92 Å². The van der Waals surface area contributed by atoms with Crippen LogP contribution in [0.5, 0.6) is 0 Å². The molecule has 3 rings (SSSR count). The first kappa shape index (κ1) is 22.8. The van der Waals surface area contributed by atoms with Crippen molar-refractivity contribution < 1.29 is 9.59 Å². The van der Waals surface area contributed by atoms with Gasteiger partial charge < -0.3 is 15.1 Å². The monoisotopic (exact) mass is 429 g/mol. The summed E-state index contributed by atoms with van der Waals surface area (Å²) >= 11 is 1.57. The lowest BCUT2D eigenvalue weighted by Crippen LogP contribution is -2.43. The van der Waals surface area contributed by atoms with Gasteiger partial charge in [0.05, 0.1) is 4.88 Å². The molecule has 0 bridgehead atoms. The smallest absolute Gasteiger partial charge is 0.261 e. The number of fused-ring (bicyclic) bond motifs is 1. The van der Waals surface area contributed by atoms with Crippen molar-refractivity contribution in [2.45, 2.75) is 52.0 Å². The Morgan fingerprint density at radius 2 is 1.97 bits per heavy atom. The van der Waals surface area contributed by atoms with Gasteiger partial charge in [0.2, 0.25) is 5.91 Å². The Morgan fingerprint density at radius 1 is 1.20 bits per heavy atom. The zero-order chi connectivity index (χ0) is 21.7. The molecule has 2 heterocycles. The number of thiophene rings is 1. The highest BCUT2D eigenvalue weighted by atomic mass is 32.1. The van der Waals surface area contributed by atoms with Crippen molar-refractivity contribution in [3.05, 3.63) is 34.7 Å². The predicted octanol–water partition coefficient (Wildman–Crippen LogP) is 4.16. The molecule has 0 radical (unpaired) electrons. The lowest BCUT2D eigenvalue weighted by atomic mass is 9.97. The molecule has 0 spiro atoms. The third-order valence-corrected chi connectivity index (χ3v) is 7.05. The Balaban J connectivity index is 1.91. The molecule has 1 aromatic carbocycles. The summed E-state index contributed by atoms with van der Waals surface area (Å²) in [6.45, 7) is 6.22. The van der Waals surface area contributed by atoms with E-state index in [0.29, 0.717) is 6.54 Å². The van der Waals surface area contributed by atoms with Gasteiger partial charge in [0.15, 0.2) is 0 Å². The van der Waals surface area contributed by atoms with Crippen LogP contribution in [0.25, 0.3) is 10.1 Å². The first-order valence-electron chi connectivity index (χ1n) is 11.1. The second kappa shape index (κ2) is 10.4. The molecule has 1 unspecified atom stereocenters. The summed E-state index contributed by atoms with van der Waals surface area (Å²) in [5.41, 5.74) is 1.10. The number of hydrogen-bond acceptors (Lipinski definition) is 4. The van der Waals surface area contributed by atoms with E-state index in [1.807, 2.05) is 40.1 Å². The molecule has 0 aliphatic carbocycles. The number of carbonyl (C=O) groups is 2. The van der Waals surface area contributed by atoms with Crippen molar-refractivity contribution in [3.8, 4) is 0 Å². The average molecular weight is 430 g/mol. The van der Waals surface area contributed by atoms with Gasteiger partial charge in [-0.25, -0.2) is 0 Å². The first-order valence-corrected chi connectivity index (χ1v) is 11.9. The van der Waals surface area contributed by atoms with Crippen molar-refractivity contribution in [1.82, 2.24) is 15.1 Å².